The fourth-order valence-corrected chi connectivity index (χ4v) is 2.96. The molecule has 1 fully saturated rings. The second kappa shape index (κ2) is 4.17. The van der Waals surface area contributed by atoms with Crippen LogP contribution in [0.25, 0.3) is 0 Å². The molecule has 2 aromatic rings. The summed E-state index contributed by atoms with van der Waals surface area (Å²) in [5, 5.41) is 0. The Bertz CT molecular complexity index is 695. The molecule has 3 nitrogen and oxygen atoms in total. The van der Waals surface area contributed by atoms with E-state index in [1.807, 2.05) is 42.5 Å². The highest BCUT2D eigenvalue weighted by Gasteiger charge is 2.65. The molecule has 2 atom stereocenters. The summed E-state index contributed by atoms with van der Waals surface area (Å²) >= 11 is 3.40. The monoisotopic (exact) mass is 330 g/mol. The molecule has 1 saturated heterocycles. The van der Waals surface area contributed by atoms with Gasteiger partial charge in [-0.15, -0.1) is 0 Å². The number of benzene rings is 2. The molecule has 0 aliphatic carbocycles. The average Bonchev–Trinajstić information content (AvgIpc) is 3.20. The van der Waals surface area contributed by atoms with E-state index in [9.17, 15) is 4.79 Å². The Labute approximate surface area is 124 Å². The number of fused-ring (bicyclic) bond motifs is 1. The molecule has 1 spiro atoms. The molecule has 0 bridgehead atoms. The zero-order valence-electron chi connectivity index (χ0n) is 10.5. The minimum absolute atomic E-state index is 0.0206. The minimum atomic E-state index is -0.831. The number of ketones is 1. The van der Waals surface area contributed by atoms with Crippen molar-refractivity contribution in [3.8, 4) is 5.75 Å². The van der Waals surface area contributed by atoms with Crippen LogP contribution in [0.4, 0.5) is 0 Å². The van der Waals surface area contributed by atoms with Crippen LogP contribution in [-0.2, 0) is 4.74 Å². The molecule has 4 rings (SSSR count). The molecule has 2 heterocycles. The van der Waals surface area contributed by atoms with Crippen LogP contribution in [0.2, 0.25) is 0 Å². The van der Waals surface area contributed by atoms with Crippen molar-refractivity contribution in [2.75, 3.05) is 6.61 Å². The first kappa shape index (κ1) is 12.1. The van der Waals surface area contributed by atoms with Gasteiger partial charge in [0.15, 0.2) is 5.60 Å². The van der Waals surface area contributed by atoms with E-state index in [4.69, 9.17) is 9.47 Å². The Balaban J connectivity index is 1.69. The number of epoxide rings is 1. The third kappa shape index (κ3) is 1.65. The van der Waals surface area contributed by atoms with Crippen LogP contribution in [0.1, 0.15) is 22.0 Å². The summed E-state index contributed by atoms with van der Waals surface area (Å²) in [4.78, 5) is 12.6. The summed E-state index contributed by atoms with van der Waals surface area (Å²) in [5.41, 5.74) is 0.783. The van der Waals surface area contributed by atoms with Gasteiger partial charge in [0.05, 0.1) is 5.56 Å². The predicted octanol–water partition coefficient (Wildman–Crippen LogP) is 3.53. The predicted molar refractivity (Wildman–Crippen MR) is 77.0 cm³/mol. The lowest BCUT2D eigenvalue weighted by molar-refractivity contribution is 0.0755. The van der Waals surface area contributed by atoms with Gasteiger partial charge in [0.2, 0.25) is 5.78 Å². The lowest BCUT2D eigenvalue weighted by Gasteiger charge is -2.21. The Morgan fingerprint density at radius 3 is 2.65 bits per heavy atom. The van der Waals surface area contributed by atoms with Crippen molar-refractivity contribution in [1.29, 1.82) is 0 Å². The largest absolute Gasteiger partial charge is 0.489 e. The summed E-state index contributed by atoms with van der Waals surface area (Å²) in [6, 6.07) is 15.2. The van der Waals surface area contributed by atoms with Gasteiger partial charge >= 0.3 is 0 Å². The SMILES string of the molecule is O=C1c2ccccc2OC[C@@]12O[C@@H]2c1ccc(Br)cc1. The van der Waals surface area contributed by atoms with E-state index in [-0.39, 0.29) is 18.5 Å². The van der Waals surface area contributed by atoms with Crippen LogP contribution in [0, 0.1) is 0 Å². The normalized spacial score (nSPS) is 27.1. The maximum absolute atomic E-state index is 12.6. The smallest absolute Gasteiger partial charge is 0.205 e. The lowest BCUT2D eigenvalue weighted by Crippen LogP contribution is -2.37. The molecule has 20 heavy (non-hydrogen) atoms. The van der Waals surface area contributed by atoms with Crippen molar-refractivity contribution in [1.82, 2.24) is 0 Å². The van der Waals surface area contributed by atoms with Crippen molar-refractivity contribution in [2.24, 2.45) is 0 Å². The van der Waals surface area contributed by atoms with Gasteiger partial charge in [-0.2, -0.15) is 0 Å². The maximum Gasteiger partial charge on any atom is 0.205 e. The van der Waals surface area contributed by atoms with E-state index < -0.39 is 5.60 Å². The highest BCUT2D eigenvalue weighted by Crippen LogP contribution is 2.54. The molecule has 0 aromatic heterocycles. The van der Waals surface area contributed by atoms with Crippen molar-refractivity contribution in [3.63, 3.8) is 0 Å². The van der Waals surface area contributed by atoms with Gasteiger partial charge in [-0.05, 0) is 29.8 Å². The van der Waals surface area contributed by atoms with Crippen molar-refractivity contribution in [2.45, 2.75) is 11.7 Å². The van der Waals surface area contributed by atoms with E-state index in [1.54, 1.807) is 6.07 Å². The first-order valence-electron chi connectivity index (χ1n) is 6.41. The van der Waals surface area contributed by atoms with Crippen LogP contribution < -0.4 is 4.74 Å². The number of Topliss-reactive ketones (excluding diaryl/α,β-unsaturated/α-hetero) is 1. The zero-order valence-corrected chi connectivity index (χ0v) is 12.1. The molecule has 4 heteroatoms. The van der Waals surface area contributed by atoms with Gasteiger partial charge < -0.3 is 9.47 Å². The van der Waals surface area contributed by atoms with E-state index in [0.717, 1.165) is 10.0 Å². The molecule has 2 aliphatic rings. The number of para-hydroxylation sites is 1. The quantitative estimate of drug-likeness (QED) is 0.751. The maximum atomic E-state index is 12.6. The number of carbonyl (C=O) groups excluding carboxylic acids is 1. The number of ether oxygens (including phenoxy) is 2. The second-order valence-electron chi connectivity index (χ2n) is 5.05. The van der Waals surface area contributed by atoms with Gasteiger partial charge in [-0.1, -0.05) is 40.2 Å². The average molecular weight is 331 g/mol. The number of halogens is 1. The van der Waals surface area contributed by atoms with Gasteiger partial charge in [-0.3, -0.25) is 4.79 Å². The summed E-state index contributed by atoms with van der Waals surface area (Å²) in [7, 11) is 0. The molecule has 0 radical (unpaired) electrons. The molecule has 0 N–H and O–H groups in total. The third-order valence-corrected chi connectivity index (χ3v) is 4.35. The van der Waals surface area contributed by atoms with Crippen LogP contribution in [0.5, 0.6) is 5.75 Å². The Kier molecular flexibility index (Phi) is 2.53. The Morgan fingerprint density at radius 2 is 1.85 bits per heavy atom. The van der Waals surface area contributed by atoms with Crippen LogP contribution in [-0.4, -0.2) is 18.0 Å². The van der Waals surface area contributed by atoms with Crippen LogP contribution in [0.3, 0.4) is 0 Å². The van der Waals surface area contributed by atoms with E-state index >= 15 is 0 Å². The first-order chi connectivity index (χ1) is 9.71. The van der Waals surface area contributed by atoms with E-state index in [2.05, 4.69) is 15.9 Å². The highest BCUT2D eigenvalue weighted by atomic mass is 79.9. The molecule has 0 unspecified atom stereocenters. The molecule has 100 valence electrons. The summed E-state index contributed by atoms with van der Waals surface area (Å²) in [5.74, 6) is 0.667. The Morgan fingerprint density at radius 1 is 1.10 bits per heavy atom. The number of carbonyl (C=O) groups is 1. The van der Waals surface area contributed by atoms with E-state index in [1.165, 1.54) is 0 Å². The fourth-order valence-electron chi connectivity index (χ4n) is 2.69. The van der Waals surface area contributed by atoms with Gasteiger partial charge in [0.1, 0.15) is 18.5 Å². The van der Waals surface area contributed by atoms with Crippen molar-refractivity contribution >= 4 is 21.7 Å². The van der Waals surface area contributed by atoms with E-state index in [0.29, 0.717) is 11.3 Å². The minimum Gasteiger partial charge on any atom is -0.489 e. The molecule has 0 saturated carbocycles. The number of hydrogen-bond donors (Lipinski definition) is 0. The number of hydrogen-bond acceptors (Lipinski definition) is 3. The molecule has 2 aromatic carbocycles. The standard InChI is InChI=1S/C16H11BrO3/c17-11-7-5-10(6-8-11)15-16(20-15)9-19-13-4-2-1-3-12(13)14(16)18/h1-8,15H,9H2/t15-,16-/m1/s1. The molecular weight excluding hydrogens is 320 g/mol. The van der Waals surface area contributed by atoms with Crippen LogP contribution in [0.15, 0.2) is 53.0 Å². The lowest BCUT2D eigenvalue weighted by atomic mass is 9.89. The highest BCUT2D eigenvalue weighted by molar-refractivity contribution is 9.10. The van der Waals surface area contributed by atoms with Gasteiger partial charge in [-0.25, -0.2) is 0 Å². The Hall–Kier alpha value is -1.65. The third-order valence-electron chi connectivity index (χ3n) is 3.83. The molecule has 2 aliphatic heterocycles. The fraction of sp³-hybridized carbons (Fsp3) is 0.188. The van der Waals surface area contributed by atoms with Gasteiger partial charge in [0.25, 0.3) is 0 Å². The summed E-state index contributed by atoms with van der Waals surface area (Å²) in [6.45, 7) is 0.281. The second-order valence-corrected chi connectivity index (χ2v) is 5.97. The van der Waals surface area contributed by atoms with Crippen LogP contribution >= 0.6 is 15.9 Å². The first-order valence-corrected chi connectivity index (χ1v) is 7.20. The van der Waals surface area contributed by atoms with Gasteiger partial charge in [0, 0.05) is 4.47 Å². The summed E-state index contributed by atoms with van der Waals surface area (Å²) in [6.07, 6.45) is -0.212. The molecule has 0 amide bonds. The topological polar surface area (TPSA) is 38.8 Å². The van der Waals surface area contributed by atoms with Crippen molar-refractivity contribution < 1.29 is 14.3 Å². The summed E-state index contributed by atoms with van der Waals surface area (Å²) < 4.78 is 12.4. The number of rotatable bonds is 1. The zero-order chi connectivity index (χ0) is 13.7. The molecular formula is C16H11BrO3. The van der Waals surface area contributed by atoms with Crippen molar-refractivity contribution in [3.05, 3.63) is 64.1 Å².